The van der Waals surface area contributed by atoms with Gasteiger partial charge in [-0.1, -0.05) is 103 Å². The summed E-state index contributed by atoms with van der Waals surface area (Å²) < 4.78 is 4.63. The van der Waals surface area contributed by atoms with E-state index in [-0.39, 0.29) is 5.97 Å². The van der Waals surface area contributed by atoms with Crippen molar-refractivity contribution < 1.29 is 14.3 Å². The fourth-order valence-electron chi connectivity index (χ4n) is 3.69. The van der Waals surface area contributed by atoms with Crippen molar-refractivity contribution >= 4 is 11.8 Å². The van der Waals surface area contributed by atoms with Crippen molar-refractivity contribution in [1.82, 2.24) is 0 Å². The Morgan fingerprint density at radius 3 is 1.18 bits per heavy atom. The second-order valence-corrected chi connectivity index (χ2v) is 8.38. The van der Waals surface area contributed by atoms with Gasteiger partial charge in [-0.05, 0) is 19.3 Å². The van der Waals surface area contributed by atoms with Gasteiger partial charge in [0.1, 0.15) is 5.78 Å². The van der Waals surface area contributed by atoms with E-state index in [1.807, 2.05) is 0 Å². The Balaban J connectivity index is 3.18. The van der Waals surface area contributed by atoms with E-state index in [1.54, 1.807) is 0 Å². The molecule has 0 aliphatic rings. The summed E-state index contributed by atoms with van der Waals surface area (Å²) in [6.45, 7) is 2.27. The lowest BCUT2D eigenvalue weighted by Crippen LogP contribution is -1.99. The average molecular weight is 397 g/mol. The maximum atomic E-state index is 11.9. The molecular formula is C25H48O3. The first-order chi connectivity index (χ1) is 13.7. The molecule has 0 radical (unpaired) electrons. The Hall–Kier alpha value is -0.860. The summed E-state index contributed by atoms with van der Waals surface area (Å²) in [5, 5.41) is 0. The average Bonchev–Trinajstić information content (AvgIpc) is 2.70. The quantitative estimate of drug-likeness (QED) is 0.138. The summed E-state index contributed by atoms with van der Waals surface area (Å²) in [4.78, 5) is 22.9. The third kappa shape index (κ3) is 21.4. The predicted molar refractivity (Wildman–Crippen MR) is 120 cm³/mol. The summed E-state index contributed by atoms with van der Waals surface area (Å²) in [5.74, 6) is 0.366. The van der Waals surface area contributed by atoms with Gasteiger partial charge in [0, 0.05) is 19.3 Å². The van der Waals surface area contributed by atoms with Crippen molar-refractivity contribution in [2.75, 3.05) is 7.11 Å². The Kier molecular flexibility index (Phi) is 21.7. The normalized spacial score (nSPS) is 10.9. The molecule has 0 bridgehead atoms. The molecule has 0 rings (SSSR count). The lowest BCUT2D eigenvalue weighted by Gasteiger charge is -2.04. The number of carbonyl (C=O) groups is 2. The largest absolute Gasteiger partial charge is 0.469 e. The summed E-state index contributed by atoms with van der Waals surface area (Å²) >= 11 is 0. The Labute approximate surface area is 175 Å². The van der Waals surface area contributed by atoms with Crippen LogP contribution in [0.3, 0.4) is 0 Å². The van der Waals surface area contributed by atoms with E-state index in [9.17, 15) is 9.59 Å². The van der Waals surface area contributed by atoms with Gasteiger partial charge in [0.2, 0.25) is 0 Å². The van der Waals surface area contributed by atoms with Gasteiger partial charge in [-0.2, -0.15) is 0 Å². The molecule has 166 valence electrons. The van der Waals surface area contributed by atoms with Crippen molar-refractivity contribution in [3.63, 3.8) is 0 Å². The van der Waals surface area contributed by atoms with Crippen molar-refractivity contribution in [3.8, 4) is 0 Å². The minimum Gasteiger partial charge on any atom is -0.469 e. The minimum absolute atomic E-state index is 0.101. The predicted octanol–water partition coefficient (Wildman–Crippen LogP) is 7.94. The molecule has 0 aliphatic heterocycles. The first-order valence-corrected chi connectivity index (χ1v) is 12.3. The number of ketones is 1. The van der Waals surface area contributed by atoms with Crippen molar-refractivity contribution in [1.29, 1.82) is 0 Å². The molecule has 0 unspecified atom stereocenters. The van der Waals surface area contributed by atoms with Crippen LogP contribution in [-0.2, 0) is 14.3 Å². The molecule has 0 saturated carbocycles. The standard InChI is InChI=1S/C25H48O3/c1-3-4-5-6-7-8-9-10-12-15-18-21-24(26)22-19-16-13-11-14-17-20-23-25(27)28-2/h3-23H2,1-2H3. The van der Waals surface area contributed by atoms with Gasteiger partial charge in [-0.25, -0.2) is 0 Å². The smallest absolute Gasteiger partial charge is 0.305 e. The monoisotopic (exact) mass is 396 g/mol. The first kappa shape index (κ1) is 27.1. The van der Waals surface area contributed by atoms with E-state index in [0.717, 1.165) is 38.5 Å². The van der Waals surface area contributed by atoms with Gasteiger partial charge < -0.3 is 4.74 Å². The van der Waals surface area contributed by atoms with E-state index in [1.165, 1.54) is 97.0 Å². The third-order valence-electron chi connectivity index (χ3n) is 5.62. The number of hydrogen-bond acceptors (Lipinski definition) is 3. The van der Waals surface area contributed by atoms with E-state index in [4.69, 9.17) is 0 Å². The van der Waals surface area contributed by atoms with Gasteiger partial charge in [-0.15, -0.1) is 0 Å². The zero-order chi connectivity index (χ0) is 20.7. The van der Waals surface area contributed by atoms with Gasteiger partial charge in [0.15, 0.2) is 0 Å². The topological polar surface area (TPSA) is 43.4 Å². The SMILES string of the molecule is CCCCCCCCCCCCCC(=O)CCCCCCCCCC(=O)OC. The van der Waals surface area contributed by atoms with Crippen LogP contribution in [0.15, 0.2) is 0 Å². The zero-order valence-electron chi connectivity index (χ0n) is 19.1. The molecule has 0 aromatic heterocycles. The molecular weight excluding hydrogens is 348 g/mol. The second kappa shape index (κ2) is 22.4. The lowest BCUT2D eigenvalue weighted by atomic mass is 10.0. The van der Waals surface area contributed by atoms with Crippen LogP contribution in [-0.4, -0.2) is 18.9 Å². The molecule has 0 amide bonds. The molecule has 0 heterocycles. The first-order valence-electron chi connectivity index (χ1n) is 12.3. The lowest BCUT2D eigenvalue weighted by molar-refractivity contribution is -0.140. The number of methoxy groups -OCH3 is 1. The van der Waals surface area contributed by atoms with Crippen LogP contribution in [0, 0.1) is 0 Å². The summed E-state index contributed by atoms with van der Waals surface area (Å²) in [7, 11) is 1.45. The molecule has 0 aromatic carbocycles. The van der Waals surface area contributed by atoms with Crippen molar-refractivity contribution in [2.45, 2.75) is 142 Å². The zero-order valence-corrected chi connectivity index (χ0v) is 19.1. The molecule has 0 spiro atoms. The maximum Gasteiger partial charge on any atom is 0.305 e. The molecule has 3 nitrogen and oxygen atoms in total. The second-order valence-electron chi connectivity index (χ2n) is 8.38. The number of ether oxygens (including phenoxy) is 1. The van der Waals surface area contributed by atoms with E-state index < -0.39 is 0 Å². The highest BCUT2D eigenvalue weighted by Gasteiger charge is 2.02. The van der Waals surface area contributed by atoms with Crippen molar-refractivity contribution in [3.05, 3.63) is 0 Å². The van der Waals surface area contributed by atoms with E-state index in [0.29, 0.717) is 12.2 Å². The fraction of sp³-hybridized carbons (Fsp3) is 0.920. The highest BCUT2D eigenvalue weighted by Crippen LogP contribution is 2.14. The third-order valence-corrected chi connectivity index (χ3v) is 5.62. The van der Waals surface area contributed by atoms with Crippen LogP contribution in [0.5, 0.6) is 0 Å². The molecule has 0 aromatic rings. The van der Waals surface area contributed by atoms with Gasteiger partial charge in [-0.3, -0.25) is 9.59 Å². The van der Waals surface area contributed by atoms with Crippen LogP contribution >= 0.6 is 0 Å². The number of unbranched alkanes of at least 4 members (excludes halogenated alkanes) is 16. The maximum absolute atomic E-state index is 11.9. The number of Topliss-reactive ketones (excluding diaryl/α,β-unsaturated/α-hetero) is 1. The Bertz CT molecular complexity index is 352. The fourth-order valence-corrected chi connectivity index (χ4v) is 3.69. The van der Waals surface area contributed by atoms with Gasteiger partial charge >= 0.3 is 5.97 Å². The van der Waals surface area contributed by atoms with Crippen LogP contribution < -0.4 is 0 Å². The number of carbonyl (C=O) groups excluding carboxylic acids is 2. The van der Waals surface area contributed by atoms with Crippen LogP contribution in [0.1, 0.15) is 142 Å². The summed E-state index contributed by atoms with van der Waals surface area (Å²) in [6.07, 6.45) is 24.7. The molecule has 0 fully saturated rings. The van der Waals surface area contributed by atoms with Gasteiger partial charge in [0.05, 0.1) is 7.11 Å². The highest BCUT2D eigenvalue weighted by molar-refractivity contribution is 5.78. The Morgan fingerprint density at radius 1 is 0.500 bits per heavy atom. The summed E-state index contributed by atoms with van der Waals surface area (Å²) in [5.41, 5.74) is 0. The number of hydrogen-bond donors (Lipinski definition) is 0. The van der Waals surface area contributed by atoms with E-state index >= 15 is 0 Å². The van der Waals surface area contributed by atoms with Crippen LogP contribution in [0.25, 0.3) is 0 Å². The minimum atomic E-state index is -0.101. The highest BCUT2D eigenvalue weighted by atomic mass is 16.5. The summed E-state index contributed by atoms with van der Waals surface area (Å²) in [6, 6.07) is 0. The number of rotatable bonds is 22. The molecule has 28 heavy (non-hydrogen) atoms. The molecule has 3 heteroatoms. The van der Waals surface area contributed by atoms with Crippen molar-refractivity contribution in [2.24, 2.45) is 0 Å². The number of esters is 1. The van der Waals surface area contributed by atoms with Gasteiger partial charge in [0.25, 0.3) is 0 Å². The molecule has 0 aliphatic carbocycles. The molecule has 0 saturated heterocycles. The Morgan fingerprint density at radius 2 is 0.821 bits per heavy atom. The molecule has 0 atom stereocenters. The molecule has 0 N–H and O–H groups in total. The van der Waals surface area contributed by atoms with Crippen LogP contribution in [0.2, 0.25) is 0 Å². The van der Waals surface area contributed by atoms with E-state index in [2.05, 4.69) is 11.7 Å². The van der Waals surface area contributed by atoms with Crippen LogP contribution in [0.4, 0.5) is 0 Å².